The summed E-state index contributed by atoms with van der Waals surface area (Å²) in [4.78, 5) is 25.7. The van der Waals surface area contributed by atoms with Crippen LogP contribution in [0.1, 0.15) is 11.1 Å². The molecule has 0 unspecified atom stereocenters. The van der Waals surface area contributed by atoms with Gasteiger partial charge in [-0.25, -0.2) is 4.99 Å². The summed E-state index contributed by atoms with van der Waals surface area (Å²) in [6, 6.07) is 0. The Morgan fingerprint density at radius 2 is 1.93 bits per heavy atom. The number of hydrogen-bond acceptors (Lipinski definition) is 4. The van der Waals surface area contributed by atoms with Crippen molar-refractivity contribution in [3.8, 4) is 0 Å². The van der Waals surface area contributed by atoms with Gasteiger partial charge < -0.3 is 0 Å². The first-order valence-electron chi connectivity index (χ1n) is 4.35. The highest BCUT2D eigenvalue weighted by molar-refractivity contribution is 7.08. The van der Waals surface area contributed by atoms with E-state index in [1.54, 1.807) is 11.3 Å². The summed E-state index contributed by atoms with van der Waals surface area (Å²) in [5.41, 5.74) is 2.27. The van der Waals surface area contributed by atoms with Crippen molar-refractivity contribution in [2.75, 3.05) is 0 Å². The van der Waals surface area contributed by atoms with E-state index in [4.69, 9.17) is 0 Å². The van der Waals surface area contributed by atoms with E-state index in [1.807, 2.05) is 17.7 Å². The van der Waals surface area contributed by atoms with Gasteiger partial charge in [0, 0.05) is 0 Å². The lowest BCUT2D eigenvalue weighted by molar-refractivity contribution is -0.135. The second-order valence-electron chi connectivity index (χ2n) is 3.15. The van der Waals surface area contributed by atoms with Gasteiger partial charge in [0.25, 0.3) is 0 Å². The van der Waals surface area contributed by atoms with Crippen LogP contribution in [-0.2, 0) is 16.1 Å². The van der Waals surface area contributed by atoms with Gasteiger partial charge in [-0.2, -0.15) is 11.3 Å². The largest absolute Gasteiger partial charge is 0.316 e. The van der Waals surface area contributed by atoms with Crippen LogP contribution < -0.4 is 10.6 Å². The van der Waals surface area contributed by atoms with E-state index >= 15 is 0 Å². The number of carbonyl (C=O) groups excluding carboxylic acids is 2. The average molecular weight is 223 g/mol. The van der Waals surface area contributed by atoms with Crippen molar-refractivity contribution in [3.05, 3.63) is 21.9 Å². The van der Waals surface area contributed by atoms with Crippen molar-refractivity contribution in [1.82, 2.24) is 10.6 Å². The van der Waals surface area contributed by atoms with Crippen molar-refractivity contribution in [3.63, 3.8) is 0 Å². The van der Waals surface area contributed by atoms with Crippen molar-refractivity contribution >= 4 is 29.1 Å². The molecular weight excluding hydrogens is 214 g/mol. The van der Waals surface area contributed by atoms with Crippen molar-refractivity contribution in [2.45, 2.75) is 13.5 Å². The summed E-state index contributed by atoms with van der Waals surface area (Å²) in [5, 5.41) is 8.71. The molecule has 15 heavy (non-hydrogen) atoms. The van der Waals surface area contributed by atoms with Crippen LogP contribution in [-0.4, -0.2) is 17.8 Å². The molecule has 0 radical (unpaired) electrons. The summed E-state index contributed by atoms with van der Waals surface area (Å²) in [6.45, 7) is 2.46. The lowest BCUT2D eigenvalue weighted by Gasteiger charge is -1.96. The summed E-state index contributed by atoms with van der Waals surface area (Å²) in [5.74, 6) is -1.08. The third-order valence-corrected chi connectivity index (χ3v) is 2.95. The van der Waals surface area contributed by atoms with Crippen molar-refractivity contribution in [2.24, 2.45) is 4.99 Å². The van der Waals surface area contributed by atoms with Crippen LogP contribution in [0.2, 0.25) is 0 Å². The number of hydrogen-bond donors (Lipinski definition) is 2. The molecule has 1 aromatic heterocycles. The lowest BCUT2D eigenvalue weighted by atomic mass is 10.2. The molecule has 1 aliphatic rings. The number of nitrogens with one attached hydrogen (secondary N) is 2. The fourth-order valence-electron chi connectivity index (χ4n) is 1.15. The molecule has 2 amide bonds. The second kappa shape index (κ2) is 3.82. The fraction of sp³-hybridized carbons (Fsp3) is 0.222. The van der Waals surface area contributed by atoms with Gasteiger partial charge in [-0.15, -0.1) is 0 Å². The van der Waals surface area contributed by atoms with Crippen LogP contribution >= 0.6 is 11.3 Å². The summed E-state index contributed by atoms with van der Waals surface area (Å²) >= 11 is 1.61. The molecule has 1 fully saturated rings. The number of aryl methyl sites for hydroxylation is 1. The number of amides is 2. The van der Waals surface area contributed by atoms with Crippen LogP contribution in [0.4, 0.5) is 0 Å². The molecule has 2 N–H and O–H groups in total. The number of guanidine groups is 1. The smallest absolute Gasteiger partial charge is 0.288 e. The molecule has 78 valence electrons. The van der Waals surface area contributed by atoms with Crippen LogP contribution in [0.25, 0.3) is 0 Å². The molecule has 0 atom stereocenters. The summed E-state index contributed by atoms with van der Waals surface area (Å²) < 4.78 is 0. The van der Waals surface area contributed by atoms with Crippen LogP contribution in [0.5, 0.6) is 0 Å². The maximum atomic E-state index is 10.8. The lowest BCUT2D eigenvalue weighted by Crippen LogP contribution is -2.25. The van der Waals surface area contributed by atoms with Crippen LogP contribution in [0.3, 0.4) is 0 Å². The van der Waals surface area contributed by atoms with Crippen molar-refractivity contribution < 1.29 is 9.59 Å². The minimum absolute atomic E-state index is 0.232. The van der Waals surface area contributed by atoms with Gasteiger partial charge in [0.05, 0.1) is 6.54 Å². The molecule has 1 aliphatic heterocycles. The van der Waals surface area contributed by atoms with Gasteiger partial charge in [-0.3, -0.25) is 20.2 Å². The van der Waals surface area contributed by atoms with Gasteiger partial charge in [0.2, 0.25) is 5.96 Å². The third-order valence-electron chi connectivity index (χ3n) is 2.04. The number of nitrogens with zero attached hydrogens (tertiary/aromatic N) is 1. The molecular formula is C9H9N3O2S. The van der Waals surface area contributed by atoms with Gasteiger partial charge in [0.15, 0.2) is 0 Å². The van der Waals surface area contributed by atoms with Crippen molar-refractivity contribution in [1.29, 1.82) is 0 Å². The van der Waals surface area contributed by atoms with Crippen LogP contribution in [0.15, 0.2) is 15.8 Å². The molecule has 1 aromatic rings. The van der Waals surface area contributed by atoms with Crippen LogP contribution in [0, 0.1) is 6.92 Å². The average Bonchev–Trinajstić information content (AvgIpc) is 2.72. The zero-order valence-corrected chi connectivity index (χ0v) is 8.85. The van der Waals surface area contributed by atoms with Gasteiger partial charge in [-0.05, 0) is 28.8 Å². The minimum Gasteiger partial charge on any atom is -0.288 e. The minimum atomic E-state index is -0.657. The molecule has 0 bridgehead atoms. The number of carbonyl (C=O) groups is 2. The molecule has 0 aromatic carbocycles. The predicted octanol–water partition coefficient (Wildman–Crippen LogP) is 0.159. The van der Waals surface area contributed by atoms with E-state index in [1.165, 1.54) is 5.56 Å². The predicted molar refractivity (Wildman–Crippen MR) is 56.5 cm³/mol. The van der Waals surface area contributed by atoms with Gasteiger partial charge in [-0.1, -0.05) is 0 Å². The van der Waals surface area contributed by atoms with Gasteiger partial charge in [0.1, 0.15) is 0 Å². The number of rotatable bonds is 2. The fourth-order valence-corrected chi connectivity index (χ4v) is 2.00. The third kappa shape index (κ3) is 2.04. The maximum absolute atomic E-state index is 10.8. The Balaban J connectivity index is 2.04. The summed E-state index contributed by atoms with van der Waals surface area (Å²) in [7, 11) is 0. The normalized spacial score (nSPS) is 15.1. The Morgan fingerprint density at radius 3 is 2.47 bits per heavy atom. The number of aliphatic imine (C=N–C) groups is 1. The Morgan fingerprint density at radius 1 is 1.27 bits per heavy atom. The topological polar surface area (TPSA) is 70.6 Å². The van der Waals surface area contributed by atoms with E-state index in [0.717, 1.165) is 5.56 Å². The molecule has 0 spiro atoms. The Kier molecular flexibility index (Phi) is 2.51. The highest BCUT2D eigenvalue weighted by Crippen LogP contribution is 2.14. The van der Waals surface area contributed by atoms with E-state index in [9.17, 15) is 9.59 Å². The first-order chi connectivity index (χ1) is 7.16. The molecule has 2 rings (SSSR count). The molecule has 1 saturated heterocycles. The second-order valence-corrected chi connectivity index (χ2v) is 3.90. The zero-order valence-electron chi connectivity index (χ0n) is 8.03. The highest BCUT2D eigenvalue weighted by Gasteiger charge is 2.24. The molecule has 6 heteroatoms. The maximum Gasteiger partial charge on any atom is 0.316 e. The number of thiophene rings is 1. The first kappa shape index (κ1) is 9.85. The standard InChI is InChI=1S/C9H9N3O2S/c1-5-3-15-4-6(5)2-10-9-11-7(13)8(14)12-9/h3-4H,2H2,1H3,(H2,10,11,12,13,14). The van der Waals surface area contributed by atoms with E-state index in [0.29, 0.717) is 6.54 Å². The Bertz CT molecular complexity index is 432. The van der Waals surface area contributed by atoms with E-state index < -0.39 is 11.8 Å². The summed E-state index contributed by atoms with van der Waals surface area (Å²) in [6.07, 6.45) is 0. The SMILES string of the molecule is Cc1cscc1CN=C1NC(=O)C(=O)N1. The zero-order chi connectivity index (χ0) is 10.8. The Hall–Kier alpha value is -1.69. The van der Waals surface area contributed by atoms with E-state index in [-0.39, 0.29) is 5.96 Å². The van der Waals surface area contributed by atoms with E-state index in [2.05, 4.69) is 15.6 Å². The van der Waals surface area contributed by atoms with Gasteiger partial charge >= 0.3 is 11.8 Å². The molecule has 2 heterocycles. The first-order valence-corrected chi connectivity index (χ1v) is 5.29. The molecule has 0 saturated carbocycles. The molecule has 5 nitrogen and oxygen atoms in total. The monoisotopic (exact) mass is 223 g/mol. The quantitative estimate of drug-likeness (QED) is 0.701. The Labute approximate surface area is 90.2 Å². The highest BCUT2D eigenvalue weighted by atomic mass is 32.1. The molecule has 0 aliphatic carbocycles.